The highest BCUT2D eigenvalue weighted by Gasteiger charge is 2.28. The van der Waals surface area contributed by atoms with E-state index in [2.05, 4.69) is 0 Å². The lowest BCUT2D eigenvalue weighted by Crippen LogP contribution is -2.30. The van der Waals surface area contributed by atoms with Crippen molar-refractivity contribution >= 4 is 5.91 Å². The smallest absolute Gasteiger partial charge is 0.223 e. The molecule has 2 rings (SSSR count). The van der Waals surface area contributed by atoms with Gasteiger partial charge in [0.2, 0.25) is 5.91 Å². The second kappa shape index (κ2) is 6.06. The number of carbonyl (C=O) groups is 1. The Morgan fingerprint density at radius 3 is 2.63 bits per heavy atom. The van der Waals surface area contributed by atoms with Crippen LogP contribution in [0.1, 0.15) is 17.5 Å². The van der Waals surface area contributed by atoms with Gasteiger partial charge in [-0.15, -0.1) is 0 Å². The third kappa shape index (κ3) is 3.26. The van der Waals surface area contributed by atoms with Crippen LogP contribution in [0.3, 0.4) is 0 Å². The molecule has 1 amide bonds. The van der Waals surface area contributed by atoms with Crippen molar-refractivity contribution in [2.24, 2.45) is 11.7 Å². The molecule has 0 bridgehead atoms. The molecule has 1 aliphatic rings. The zero-order valence-corrected chi connectivity index (χ0v) is 11.7. The Morgan fingerprint density at radius 1 is 1.37 bits per heavy atom. The number of para-hydroxylation sites is 1. The van der Waals surface area contributed by atoms with Gasteiger partial charge < -0.3 is 15.4 Å². The normalized spacial score (nSPS) is 19.0. The monoisotopic (exact) mass is 262 g/mol. The Kier molecular flexibility index (Phi) is 4.43. The number of nitrogens with two attached hydrogens (primary N) is 1. The van der Waals surface area contributed by atoms with Crippen LogP contribution < -0.4 is 10.5 Å². The molecule has 0 saturated carbocycles. The van der Waals surface area contributed by atoms with Crippen LogP contribution in [0.2, 0.25) is 0 Å². The molecule has 4 heteroatoms. The summed E-state index contributed by atoms with van der Waals surface area (Å²) in [5, 5.41) is 0. The minimum Gasteiger partial charge on any atom is -0.491 e. The molecule has 0 aliphatic carbocycles. The molecule has 19 heavy (non-hydrogen) atoms. The first-order valence-electron chi connectivity index (χ1n) is 6.78. The van der Waals surface area contributed by atoms with E-state index in [1.54, 1.807) is 0 Å². The number of amides is 1. The highest BCUT2D eigenvalue weighted by atomic mass is 16.5. The molecule has 4 nitrogen and oxygen atoms in total. The first-order valence-corrected chi connectivity index (χ1v) is 6.78. The minimum atomic E-state index is 0.195. The Labute approximate surface area is 114 Å². The maximum atomic E-state index is 11.7. The lowest BCUT2D eigenvalue weighted by molar-refractivity contribution is -0.128. The van der Waals surface area contributed by atoms with Gasteiger partial charge in [0, 0.05) is 13.0 Å². The lowest BCUT2D eigenvalue weighted by atomic mass is 10.1. The molecule has 1 aromatic carbocycles. The minimum absolute atomic E-state index is 0.195. The summed E-state index contributed by atoms with van der Waals surface area (Å²) < 4.78 is 5.82. The molecule has 2 N–H and O–H groups in total. The van der Waals surface area contributed by atoms with Crippen molar-refractivity contribution in [3.8, 4) is 5.75 Å². The molecule has 1 heterocycles. The van der Waals surface area contributed by atoms with E-state index in [0.717, 1.165) is 23.4 Å². The summed E-state index contributed by atoms with van der Waals surface area (Å²) in [6, 6.07) is 6.09. The topological polar surface area (TPSA) is 55.6 Å². The van der Waals surface area contributed by atoms with Gasteiger partial charge in [0.15, 0.2) is 0 Å². The third-order valence-electron chi connectivity index (χ3n) is 3.64. The average molecular weight is 262 g/mol. The van der Waals surface area contributed by atoms with Crippen molar-refractivity contribution in [1.29, 1.82) is 0 Å². The van der Waals surface area contributed by atoms with Gasteiger partial charge in [0.25, 0.3) is 0 Å². The van der Waals surface area contributed by atoms with Crippen LogP contribution >= 0.6 is 0 Å². The summed E-state index contributed by atoms with van der Waals surface area (Å²) in [4.78, 5) is 13.6. The van der Waals surface area contributed by atoms with Crippen molar-refractivity contribution in [2.45, 2.75) is 20.3 Å². The number of nitrogens with zero attached hydrogens (tertiary/aromatic N) is 1. The van der Waals surface area contributed by atoms with Crippen LogP contribution in [0.5, 0.6) is 5.75 Å². The maximum Gasteiger partial charge on any atom is 0.223 e. The predicted octanol–water partition coefficient (Wildman–Crippen LogP) is 1.49. The molecule has 0 spiro atoms. The average Bonchev–Trinajstić information content (AvgIpc) is 2.74. The molecule has 104 valence electrons. The largest absolute Gasteiger partial charge is 0.491 e. The molecule has 1 aliphatic heterocycles. The Morgan fingerprint density at radius 2 is 2.05 bits per heavy atom. The summed E-state index contributed by atoms with van der Waals surface area (Å²) in [5.74, 6) is 1.44. The fraction of sp³-hybridized carbons (Fsp3) is 0.533. The van der Waals surface area contributed by atoms with Gasteiger partial charge in [0.1, 0.15) is 12.4 Å². The van der Waals surface area contributed by atoms with E-state index in [9.17, 15) is 4.79 Å². The van der Waals surface area contributed by atoms with Crippen molar-refractivity contribution in [1.82, 2.24) is 4.90 Å². The van der Waals surface area contributed by atoms with Gasteiger partial charge >= 0.3 is 0 Å². The zero-order valence-electron chi connectivity index (χ0n) is 11.7. The van der Waals surface area contributed by atoms with Gasteiger partial charge in [0.05, 0.1) is 6.54 Å². The molecule has 1 atom stereocenters. The van der Waals surface area contributed by atoms with Crippen molar-refractivity contribution in [3.63, 3.8) is 0 Å². The second-order valence-corrected chi connectivity index (χ2v) is 5.22. The van der Waals surface area contributed by atoms with E-state index in [0.29, 0.717) is 32.0 Å². The number of rotatable bonds is 5. The standard InChI is InChI=1S/C15H22N2O2/c1-11-4-3-5-12(2)15(11)19-7-6-17-10-13(9-16)8-14(17)18/h3-5,13H,6-10,16H2,1-2H3. The van der Waals surface area contributed by atoms with E-state index >= 15 is 0 Å². The summed E-state index contributed by atoms with van der Waals surface area (Å²) in [6.45, 7) is 6.60. The lowest BCUT2D eigenvalue weighted by Gasteiger charge is -2.18. The van der Waals surface area contributed by atoms with Crippen molar-refractivity contribution in [2.75, 3.05) is 26.2 Å². The molecular formula is C15H22N2O2. The molecule has 1 unspecified atom stereocenters. The zero-order chi connectivity index (χ0) is 13.8. The Bertz CT molecular complexity index is 439. The summed E-state index contributed by atoms with van der Waals surface area (Å²) >= 11 is 0. The van der Waals surface area contributed by atoms with E-state index in [1.165, 1.54) is 0 Å². The Hall–Kier alpha value is -1.55. The van der Waals surface area contributed by atoms with Gasteiger partial charge in [-0.2, -0.15) is 0 Å². The summed E-state index contributed by atoms with van der Waals surface area (Å²) in [5.41, 5.74) is 7.87. The number of benzene rings is 1. The molecule has 1 aromatic rings. The molecule has 0 aromatic heterocycles. The van der Waals surface area contributed by atoms with Gasteiger partial charge in [-0.3, -0.25) is 4.79 Å². The van der Waals surface area contributed by atoms with Crippen LogP contribution in [0, 0.1) is 19.8 Å². The number of aryl methyl sites for hydroxylation is 2. The van der Waals surface area contributed by atoms with E-state index < -0.39 is 0 Å². The van der Waals surface area contributed by atoms with Gasteiger partial charge in [-0.25, -0.2) is 0 Å². The van der Waals surface area contributed by atoms with Crippen LogP contribution in [0.15, 0.2) is 18.2 Å². The van der Waals surface area contributed by atoms with E-state index in [-0.39, 0.29) is 5.91 Å². The second-order valence-electron chi connectivity index (χ2n) is 5.22. The number of hydrogen-bond acceptors (Lipinski definition) is 3. The maximum absolute atomic E-state index is 11.7. The summed E-state index contributed by atoms with van der Waals surface area (Å²) in [6.07, 6.45) is 0.583. The van der Waals surface area contributed by atoms with Crippen LogP contribution in [-0.2, 0) is 4.79 Å². The SMILES string of the molecule is Cc1cccc(C)c1OCCN1CC(CN)CC1=O. The molecular weight excluding hydrogens is 240 g/mol. The fourth-order valence-corrected chi connectivity index (χ4v) is 2.51. The molecule has 1 fully saturated rings. The number of ether oxygens (including phenoxy) is 1. The van der Waals surface area contributed by atoms with Crippen LogP contribution in [0.25, 0.3) is 0 Å². The van der Waals surface area contributed by atoms with Gasteiger partial charge in [-0.05, 0) is 37.4 Å². The number of carbonyl (C=O) groups excluding carboxylic acids is 1. The van der Waals surface area contributed by atoms with Crippen LogP contribution in [-0.4, -0.2) is 37.0 Å². The highest BCUT2D eigenvalue weighted by Crippen LogP contribution is 2.22. The van der Waals surface area contributed by atoms with Crippen molar-refractivity contribution < 1.29 is 9.53 Å². The quantitative estimate of drug-likeness (QED) is 0.874. The van der Waals surface area contributed by atoms with Crippen LogP contribution in [0.4, 0.5) is 0 Å². The van der Waals surface area contributed by atoms with Crippen molar-refractivity contribution in [3.05, 3.63) is 29.3 Å². The highest BCUT2D eigenvalue weighted by molar-refractivity contribution is 5.78. The molecule has 0 radical (unpaired) electrons. The van der Waals surface area contributed by atoms with E-state index in [1.807, 2.05) is 36.9 Å². The summed E-state index contributed by atoms with van der Waals surface area (Å²) in [7, 11) is 0. The Balaban J connectivity index is 1.86. The predicted molar refractivity (Wildman–Crippen MR) is 75.2 cm³/mol. The first-order chi connectivity index (χ1) is 9.11. The first kappa shape index (κ1) is 13.9. The molecule has 1 saturated heterocycles. The van der Waals surface area contributed by atoms with Gasteiger partial charge in [-0.1, -0.05) is 18.2 Å². The number of hydrogen-bond donors (Lipinski definition) is 1. The fourth-order valence-electron chi connectivity index (χ4n) is 2.51. The third-order valence-corrected chi connectivity index (χ3v) is 3.64. The van der Waals surface area contributed by atoms with E-state index in [4.69, 9.17) is 10.5 Å². The number of likely N-dealkylation sites (tertiary alicyclic amines) is 1.